The van der Waals surface area contributed by atoms with Crippen LogP contribution in [0.3, 0.4) is 0 Å². The first-order chi connectivity index (χ1) is 35.7. The quantitative estimate of drug-likeness (QED) is 0.104. The van der Waals surface area contributed by atoms with Crippen molar-refractivity contribution in [2.24, 2.45) is 0 Å². The summed E-state index contributed by atoms with van der Waals surface area (Å²) in [6.45, 7) is 5.84. The molecule has 2 fully saturated rings. The van der Waals surface area contributed by atoms with Crippen molar-refractivity contribution in [2.45, 2.75) is 82.0 Å². The fourth-order valence-corrected chi connectivity index (χ4v) is 12.9. The molecular weight excluding hydrogens is 1030 g/mol. The van der Waals surface area contributed by atoms with Crippen LogP contribution in [0.15, 0.2) is 133 Å². The lowest BCUT2D eigenvalue weighted by molar-refractivity contribution is -0.141. The van der Waals surface area contributed by atoms with Crippen LogP contribution in [0.2, 0.25) is 8.67 Å². The van der Waals surface area contributed by atoms with Gasteiger partial charge in [0.2, 0.25) is 0 Å². The summed E-state index contributed by atoms with van der Waals surface area (Å²) in [7, 11) is 0. The van der Waals surface area contributed by atoms with Crippen molar-refractivity contribution in [3.05, 3.63) is 197 Å². The van der Waals surface area contributed by atoms with Crippen LogP contribution in [0.5, 0.6) is 0 Å². The molecule has 2 saturated heterocycles. The van der Waals surface area contributed by atoms with Gasteiger partial charge in [0.25, 0.3) is 0 Å². The topological polar surface area (TPSA) is 125 Å². The van der Waals surface area contributed by atoms with Gasteiger partial charge in [-0.15, -0.1) is 35.1 Å². The third kappa shape index (κ3) is 12.8. The Kier molecular flexibility index (Phi) is 18.1. The van der Waals surface area contributed by atoms with Gasteiger partial charge < -0.3 is 19.7 Å². The van der Waals surface area contributed by atoms with Crippen LogP contribution >= 0.6 is 58.3 Å². The molecule has 0 atom stereocenters. The molecule has 2 aliphatic heterocycles. The normalized spacial score (nSPS) is 15.1. The molecule has 384 valence electrons. The van der Waals surface area contributed by atoms with E-state index in [1.165, 1.54) is 85.4 Å². The van der Waals surface area contributed by atoms with Gasteiger partial charge >= 0.3 is 12.1 Å². The van der Waals surface area contributed by atoms with E-state index in [0.29, 0.717) is 38.1 Å². The molecule has 4 aliphatic rings. The van der Waals surface area contributed by atoms with E-state index in [2.05, 4.69) is 123 Å². The number of amides is 1. The number of hydrogen-bond acceptors (Lipinski definition) is 9. The predicted octanol–water partition coefficient (Wildman–Crippen LogP) is 14.2. The number of halogens is 3. The first-order valence-corrected chi connectivity index (χ1v) is 27.8. The van der Waals surface area contributed by atoms with Gasteiger partial charge in [-0.25, -0.2) is 4.79 Å². The van der Waals surface area contributed by atoms with E-state index in [4.69, 9.17) is 32.7 Å². The van der Waals surface area contributed by atoms with Crippen molar-refractivity contribution < 1.29 is 19.1 Å². The summed E-state index contributed by atoms with van der Waals surface area (Å²) in [6.07, 6.45) is 7.90. The van der Waals surface area contributed by atoms with Crippen molar-refractivity contribution in [1.29, 1.82) is 0 Å². The van der Waals surface area contributed by atoms with Crippen molar-refractivity contribution in [2.75, 3.05) is 39.4 Å². The van der Waals surface area contributed by atoms with Gasteiger partial charge in [0.15, 0.2) is 0 Å². The number of nitrogens with one attached hydrogen (secondary N) is 3. The number of rotatable bonds is 12. The Morgan fingerprint density at radius 1 is 0.568 bits per heavy atom. The number of ether oxygens (including phenoxy) is 2. The summed E-state index contributed by atoms with van der Waals surface area (Å²) in [5.74, 6) is 1.02. The van der Waals surface area contributed by atoms with Crippen LogP contribution in [0.1, 0.15) is 111 Å². The molecule has 12 rings (SSSR count). The minimum atomic E-state index is -0.225. The van der Waals surface area contributed by atoms with E-state index in [1.54, 1.807) is 22.7 Å². The number of carbonyl (C=O) groups is 2. The Hall–Kier alpha value is -5.73. The average molecular weight is 1090 g/mol. The number of fused-ring (bicyclic) bond motifs is 6. The van der Waals surface area contributed by atoms with E-state index in [0.717, 1.165) is 71.7 Å². The van der Waals surface area contributed by atoms with Crippen LogP contribution in [-0.2, 0) is 40.0 Å². The third-order valence-corrected chi connectivity index (χ3v) is 17.1. The lowest BCUT2D eigenvalue weighted by atomic mass is 9.93. The highest BCUT2D eigenvalue weighted by Gasteiger charge is 2.32. The fourth-order valence-electron chi connectivity index (χ4n) is 10.7. The van der Waals surface area contributed by atoms with Crippen molar-refractivity contribution in [1.82, 2.24) is 30.6 Å². The second-order valence-electron chi connectivity index (χ2n) is 19.2. The number of nitrogens with zero attached hydrogens (tertiary/aromatic N) is 3. The summed E-state index contributed by atoms with van der Waals surface area (Å²) in [5.41, 5.74) is 14.7. The van der Waals surface area contributed by atoms with Crippen molar-refractivity contribution >= 4 is 70.3 Å². The highest BCUT2D eigenvalue weighted by molar-refractivity contribution is 7.16. The molecule has 0 bridgehead atoms. The molecule has 4 aromatic heterocycles. The standard InChI is InChI=1S/C29H28ClN3O2S.C16H14O2.C14H18ClN3S.ClH/c30-28-12-11-21(36-28)10-9-20-17-27(32-31-20)19-13-15-33(16-14-19)29(34)35-18-26-24-7-3-1-5-22(24)23-6-2-4-8-25(23)26;1-11(17)18-10-16-14-8-4-2-6-12(14)13-7-3-5-9-15(13)16;15-14-4-3-12(19-14)2-1-11-9-13(18-17-11)10-5-7-16-8-6-10;/h1-8,11-12,17,19,26H,9-10,13-16,18H2,(H,31,32);2-9,16H,10H2,1H3;3-4,9-10,16H,1-2,5-8H2,(H,17,18);1H. The lowest BCUT2D eigenvalue weighted by Crippen LogP contribution is -2.38. The molecule has 74 heavy (non-hydrogen) atoms. The molecule has 8 aromatic rings. The van der Waals surface area contributed by atoms with Gasteiger partial charge in [-0.2, -0.15) is 10.2 Å². The Bertz CT molecular complexity index is 3040. The number of H-pyrrole nitrogens is 2. The number of esters is 1. The summed E-state index contributed by atoms with van der Waals surface area (Å²) in [5, 5.41) is 18.8. The molecule has 4 aromatic carbocycles. The zero-order chi connectivity index (χ0) is 50.1. The maximum Gasteiger partial charge on any atom is 0.409 e. The Balaban J connectivity index is 0.000000149. The molecule has 0 saturated carbocycles. The first kappa shape index (κ1) is 53.1. The Labute approximate surface area is 457 Å². The number of likely N-dealkylation sites (tertiary alicyclic amines) is 1. The first-order valence-electron chi connectivity index (χ1n) is 25.4. The van der Waals surface area contributed by atoms with E-state index in [-0.39, 0.29) is 36.3 Å². The largest absolute Gasteiger partial charge is 0.465 e. The Morgan fingerprint density at radius 2 is 0.973 bits per heavy atom. The van der Waals surface area contributed by atoms with Crippen LogP contribution < -0.4 is 5.32 Å². The number of piperidine rings is 2. The number of carbonyl (C=O) groups excluding carboxylic acids is 2. The van der Waals surface area contributed by atoms with Gasteiger partial charge in [-0.3, -0.25) is 15.0 Å². The number of aryl methyl sites for hydroxylation is 4. The molecular formula is C59H61Cl3N6O4S2. The number of aromatic amines is 2. The van der Waals surface area contributed by atoms with Crippen LogP contribution in [0.25, 0.3) is 22.3 Å². The molecule has 1 amide bonds. The molecule has 0 unspecified atom stereocenters. The van der Waals surface area contributed by atoms with Crippen molar-refractivity contribution in [3.8, 4) is 22.3 Å². The van der Waals surface area contributed by atoms with Gasteiger partial charge in [0, 0.05) is 64.8 Å². The Morgan fingerprint density at radius 3 is 1.38 bits per heavy atom. The molecule has 6 heterocycles. The monoisotopic (exact) mass is 1090 g/mol. The van der Waals surface area contributed by atoms with E-state index in [9.17, 15) is 9.59 Å². The average Bonchev–Trinajstić information content (AvgIpc) is 4.31. The van der Waals surface area contributed by atoms with Gasteiger partial charge in [-0.1, -0.05) is 120 Å². The molecule has 10 nitrogen and oxygen atoms in total. The minimum Gasteiger partial charge on any atom is -0.465 e. The van der Waals surface area contributed by atoms with Gasteiger partial charge in [0.1, 0.15) is 13.2 Å². The number of benzene rings is 4. The maximum atomic E-state index is 12.9. The summed E-state index contributed by atoms with van der Waals surface area (Å²) in [6, 6.07) is 46.0. The molecule has 0 spiro atoms. The molecule has 2 aliphatic carbocycles. The highest BCUT2D eigenvalue weighted by Crippen LogP contribution is 2.46. The smallest absolute Gasteiger partial charge is 0.409 e. The van der Waals surface area contributed by atoms with E-state index in [1.807, 2.05) is 41.3 Å². The van der Waals surface area contributed by atoms with Gasteiger partial charge in [0.05, 0.1) is 20.1 Å². The zero-order valence-electron chi connectivity index (χ0n) is 41.4. The predicted molar refractivity (Wildman–Crippen MR) is 302 cm³/mol. The third-order valence-electron chi connectivity index (χ3n) is 14.5. The molecule has 0 radical (unpaired) electrons. The van der Waals surface area contributed by atoms with Crippen LogP contribution in [-0.4, -0.2) is 76.7 Å². The fraction of sp³-hybridized carbons (Fsp3) is 0.322. The SMILES string of the molecule is CC(=O)OCC1c2ccccc2-c2ccccc21.Cl.Clc1ccc(CCc2cc(C3CCNCC3)n[nH]2)s1.O=C(OCC1c2ccccc2-c2ccccc21)N1CCC(c2cc(CCc3ccc(Cl)s3)[nH]n2)CC1. The lowest BCUT2D eigenvalue weighted by Gasteiger charge is -2.31. The molecule has 3 N–H and O–H groups in total. The minimum absolute atomic E-state index is 0. The molecule has 15 heteroatoms. The second kappa shape index (κ2) is 25.2. The van der Waals surface area contributed by atoms with E-state index < -0.39 is 0 Å². The van der Waals surface area contributed by atoms with Crippen LogP contribution in [0, 0.1) is 0 Å². The number of thiophene rings is 2. The second-order valence-corrected chi connectivity index (χ2v) is 22.8. The van der Waals surface area contributed by atoms with Crippen LogP contribution in [0.4, 0.5) is 4.79 Å². The summed E-state index contributed by atoms with van der Waals surface area (Å²) in [4.78, 5) is 28.4. The summed E-state index contributed by atoms with van der Waals surface area (Å²) >= 11 is 15.3. The van der Waals surface area contributed by atoms with E-state index >= 15 is 0 Å². The summed E-state index contributed by atoms with van der Waals surface area (Å²) < 4.78 is 12.8. The highest BCUT2D eigenvalue weighted by atomic mass is 35.5. The number of aromatic nitrogens is 4. The number of hydrogen-bond donors (Lipinski definition) is 3. The van der Waals surface area contributed by atoms with Crippen molar-refractivity contribution in [3.63, 3.8) is 0 Å². The van der Waals surface area contributed by atoms with Gasteiger partial charge in [-0.05, 0) is 145 Å². The zero-order valence-corrected chi connectivity index (χ0v) is 45.3. The maximum absolute atomic E-state index is 12.9.